The Balaban J connectivity index is 2.04. The first kappa shape index (κ1) is 15.9. The predicted octanol–water partition coefficient (Wildman–Crippen LogP) is 2.03. The molecule has 0 aliphatic heterocycles. The number of amides is 1. The van der Waals surface area contributed by atoms with Gasteiger partial charge in [-0.05, 0) is 11.5 Å². The van der Waals surface area contributed by atoms with E-state index in [1.54, 1.807) is 11.9 Å². The van der Waals surface area contributed by atoms with Crippen LogP contribution in [-0.2, 0) is 17.9 Å². The summed E-state index contributed by atoms with van der Waals surface area (Å²) in [6.07, 6.45) is 1.45. The van der Waals surface area contributed by atoms with E-state index >= 15 is 0 Å². The van der Waals surface area contributed by atoms with Crippen molar-refractivity contribution in [1.29, 1.82) is 0 Å². The average Bonchev–Trinajstić information content (AvgIpc) is 2.50. The number of benzene rings is 1. The molecule has 5 nitrogen and oxygen atoms in total. The highest BCUT2D eigenvalue weighted by Gasteiger charge is 2.12. The van der Waals surface area contributed by atoms with Crippen molar-refractivity contribution < 1.29 is 4.79 Å². The second kappa shape index (κ2) is 7.02. The molecule has 1 aromatic heterocycles. The average molecular weight is 299 g/mol. The van der Waals surface area contributed by atoms with Crippen molar-refractivity contribution in [3.63, 3.8) is 0 Å². The molecule has 0 unspecified atom stereocenters. The second-order valence-electron chi connectivity index (χ2n) is 5.67. The summed E-state index contributed by atoms with van der Waals surface area (Å²) < 4.78 is 1.34. The molecule has 5 heteroatoms. The van der Waals surface area contributed by atoms with Gasteiger partial charge in [0.2, 0.25) is 5.91 Å². The third kappa shape index (κ3) is 4.04. The molecule has 2 rings (SSSR count). The zero-order valence-electron chi connectivity index (χ0n) is 13.2. The van der Waals surface area contributed by atoms with Gasteiger partial charge in [-0.15, -0.1) is 0 Å². The topological polar surface area (TPSA) is 55.2 Å². The molecular formula is C17H21N3O2. The van der Waals surface area contributed by atoms with Crippen LogP contribution in [0.3, 0.4) is 0 Å². The molecular weight excluding hydrogens is 278 g/mol. The van der Waals surface area contributed by atoms with Gasteiger partial charge >= 0.3 is 0 Å². The number of carbonyl (C=O) groups excluding carboxylic acids is 1. The van der Waals surface area contributed by atoms with Crippen LogP contribution in [-0.4, -0.2) is 27.4 Å². The lowest BCUT2D eigenvalue weighted by molar-refractivity contribution is -0.131. The lowest BCUT2D eigenvalue weighted by atomic mass is 10.1. The van der Waals surface area contributed by atoms with Crippen molar-refractivity contribution in [1.82, 2.24) is 14.5 Å². The molecule has 0 aliphatic rings. The minimum Gasteiger partial charge on any atom is -0.340 e. The first-order valence-electron chi connectivity index (χ1n) is 7.31. The Kier molecular flexibility index (Phi) is 5.09. The van der Waals surface area contributed by atoms with Gasteiger partial charge < -0.3 is 4.90 Å². The minimum atomic E-state index is -0.194. The molecule has 0 atom stereocenters. The van der Waals surface area contributed by atoms with E-state index < -0.39 is 0 Å². The maximum absolute atomic E-state index is 12.2. The summed E-state index contributed by atoms with van der Waals surface area (Å²) in [5.74, 6) is 0.0730. The van der Waals surface area contributed by atoms with Crippen molar-refractivity contribution in [3.05, 3.63) is 64.3 Å². The molecule has 0 aliphatic carbocycles. The van der Waals surface area contributed by atoms with Crippen LogP contribution in [0.5, 0.6) is 0 Å². The van der Waals surface area contributed by atoms with Crippen LogP contribution in [0.2, 0.25) is 0 Å². The molecule has 0 radical (unpaired) electrons. The number of rotatable bonds is 5. The number of hydrogen-bond donors (Lipinski definition) is 0. The smallest absolute Gasteiger partial charge is 0.254 e. The van der Waals surface area contributed by atoms with Gasteiger partial charge in [0.05, 0.1) is 12.0 Å². The summed E-state index contributed by atoms with van der Waals surface area (Å²) in [5, 5.41) is 0. The lowest BCUT2D eigenvalue weighted by Gasteiger charge is -2.18. The van der Waals surface area contributed by atoms with E-state index in [4.69, 9.17) is 0 Å². The molecule has 0 saturated heterocycles. The number of nitrogens with zero attached hydrogens (tertiary/aromatic N) is 3. The third-order valence-corrected chi connectivity index (χ3v) is 3.49. The van der Waals surface area contributed by atoms with Crippen LogP contribution < -0.4 is 5.56 Å². The van der Waals surface area contributed by atoms with Crippen LogP contribution in [0.4, 0.5) is 0 Å². The maximum atomic E-state index is 12.2. The van der Waals surface area contributed by atoms with Gasteiger partial charge in [0.1, 0.15) is 6.54 Å². The highest BCUT2D eigenvalue weighted by Crippen LogP contribution is 2.07. The number of aromatic nitrogens is 2. The first-order valence-corrected chi connectivity index (χ1v) is 7.31. The van der Waals surface area contributed by atoms with E-state index in [0.29, 0.717) is 6.54 Å². The Hall–Kier alpha value is -2.43. The molecule has 2 aromatic rings. The summed E-state index contributed by atoms with van der Waals surface area (Å²) in [6, 6.07) is 11.2. The van der Waals surface area contributed by atoms with E-state index in [9.17, 15) is 9.59 Å². The fourth-order valence-electron chi connectivity index (χ4n) is 2.09. The van der Waals surface area contributed by atoms with Crippen LogP contribution in [0.25, 0.3) is 0 Å². The summed E-state index contributed by atoms with van der Waals surface area (Å²) >= 11 is 0. The normalized spacial score (nSPS) is 10.7. The van der Waals surface area contributed by atoms with Crippen LogP contribution in [0.1, 0.15) is 31.0 Å². The monoisotopic (exact) mass is 299 g/mol. The Bertz CT molecular complexity index is 693. The van der Waals surface area contributed by atoms with Crippen molar-refractivity contribution in [2.45, 2.75) is 32.9 Å². The molecule has 1 amide bonds. The molecule has 22 heavy (non-hydrogen) atoms. The van der Waals surface area contributed by atoms with Crippen LogP contribution in [0, 0.1) is 0 Å². The van der Waals surface area contributed by atoms with Gasteiger partial charge in [-0.2, -0.15) is 0 Å². The fourth-order valence-corrected chi connectivity index (χ4v) is 2.09. The number of likely N-dealkylation sites (N-methyl/N-ethyl adjacent to an activating group) is 1. The Morgan fingerprint density at radius 3 is 2.55 bits per heavy atom. The van der Waals surface area contributed by atoms with E-state index in [0.717, 1.165) is 11.3 Å². The SMILES string of the molecule is CC(C)c1cc(=O)n(CC(=O)N(C)Cc2ccccc2)cn1. The largest absolute Gasteiger partial charge is 0.340 e. The van der Waals surface area contributed by atoms with E-state index in [1.165, 1.54) is 17.0 Å². The van der Waals surface area contributed by atoms with Gasteiger partial charge in [0, 0.05) is 19.7 Å². The molecule has 1 heterocycles. The van der Waals surface area contributed by atoms with E-state index in [1.807, 2.05) is 44.2 Å². The Morgan fingerprint density at radius 1 is 1.27 bits per heavy atom. The molecule has 1 aromatic carbocycles. The molecule has 0 fully saturated rings. The Morgan fingerprint density at radius 2 is 1.95 bits per heavy atom. The predicted molar refractivity (Wildman–Crippen MR) is 85.5 cm³/mol. The van der Waals surface area contributed by atoms with Gasteiger partial charge in [0.25, 0.3) is 5.56 Å². The van der Waals surface area contributed by atoms with Crippen molar-refractivity contribution in [2.24, 2.45) is 0 Å². The first-order chi connectivity index (χ1) is 10.5. The van der Waals surface area contributed by atoms with Crippen LogP contribution in [0.15, 0.2) is 47.5 Å². The van der Waals surface area contributed by atoms with E-state index in [2.05, 4.69) is 4.98 Å². The summed E-state index contributed by atoms with van der Waals surface area (Å²) in [7, 11) is 1.73. The fraction of sp³-hybridized carbons (Fsp3) is 0.353. The summed E-state index contributed by atoms with van der Waals surface area (Å²) in [6.45, 7) is 4.48. The zero-order chi connectivity index (χ0) is 16.1. The zero-order valence-corrected chi connectivity index (χ0v) is 13.2. The van der Waals surface area contributed by atoms with Gasteiger partial charge in [-0.1, -0.05) is 44.2 Å². The standard InChI is InChI=1S/C17H21N3O2/c1-13(2)15-9-16(21)20(12-18-15)11-17(22)19(3)10-14-7-5-4-6-8-14/h4-9,12-13H,10-11H2,1-3H3. The molecule has 0 N–H and O–H groups in total. The Labute approximate surface area is 130 Å². The highest BCUT2D eigenvalue weighted by molar-refractivity contribution is 5.75. The summed E-state index contributed by atoms with van der Waals surface area (Å²) in [5.41, 5.74) is 1.60. The van der Waals surface area contributed by atoms with Gasteiger partial charge in [-0.25, -0.2) is 4.98 Å². The van der Waals surface area contributed by atoms with Crippen molar-refractivity contribution in [3.8, 4) is 0 Å². The molecule has 116 valence electrons. The third-order valence-electron chi connectivity index (χ3n) is 3.49. The van der Waals surface area contributed by atoms with Crippen molar-refractivity contribution >= 4 is 5.91 Å². The molecule has 0 saturated carbocycles. The second-order valence-corrected chi connectivity index (χ2v) is 5.67. The number of carbonyl (C=O) groups is 1. The number of hydrogen-bond acceptors (Lipinski definition) is 3. The van der Waals surface area contributed by atoms with Gasteiger partial charge in [-0.3, -0.25) is 14.2 Å². The van der Waals surface area contributed by atoms with E-state index in [-0.39, 0.29) is 23.9 Å². The molecule has 0 bridgehead atoms. The quantitative estimate of drug-likeness (QED) is 0.849. The maximum Gasteiger partial charge on any atom is 0.254 e. The van der Waals surface area contributed by atoms with Crippen molar-refractivity contribution in [2.75, 3.05) is 7.05 Å². The molecule has 0 spiro atoms. The van der Waals surface area contributed by atoms with Gasteiger partial charge in [0.15, 0.2) is 0 Å². The summed E-state index contributed by atoms with van der Waals surface area (Å²) in [4.78, 5) is 30.1. The lowest BCUT2D eigenvalue weighted by Crippen LogP contribution is -2.33. The highest BCUT2D eigenvalue weighted by atomic mass is 16.2. The minimum absolute atomic E-state index is 0.00748. The van der Waals surface area contributed by atoms with Crippen LogP contribution >= 0.6 is 0 Å².